The summed E-state index contributed by atoms with van der Waals surface area (Å²) in [5.74, 6) is 0. The molecule has 0 aliphatic carbocycles. The van der Waals surface area contributed by atoms with Crippen molar-refractivity contribution in [2.24, 2.45) is 0 Å². The number of aliphatic hydroxyl groups is 1. The van der Waals surface area contributed by atoms with E-state index in [1.54, 1.807) is 0 Å². The fourth-order valence-electron chi connectivity index (χ4n) is 2.64. The number of pyridine rings is 1. The normalized spacial score (nSPS) is 18.2. The van der Waals surface area contributed by atoms with Crippen LogP contribution in [-0.2, 0) is 6.54 Å². The monoisotopic (exact) mass is 254 g/mol. The smallest absolute Gasteiger partial charge is 0.0826 e. The summed E-state index contributed by atoms with van der Waals surface area (Å²) in [6, 6.07) is 12.2. The number of hydrogen-bond donors (Lipinski definition) is 1. The molecule has 1 N–H and O–H groups in total. The minimum absolute atomic E-state index is 0.336. The molecule has 1 aliphatic heterocycles. The first-order chi connectivity index (χ1) is 9.25. The van der Waals surface area contributed by atoms with Crippen molar-refractivity contribution in [3.8, 4) is 0 Å². The van der Waals surface area contributed by atoms with Gasteiger partial charge in [0.25, 0.3) is 0 Å². The van der Waals surface area contributed by atoms with Gasteiger partial charge in [0.2, 0.25) is 0 Å². The van der Waals surface area contributed by atoms with Crippen LogP contribution < -0.4 is 4.90 Å². The van der Waals surface area contributed by atoms with Gasteiger partial charge in [-0.25, -0.2) is 0 Å². The van der Waals surface area contributed by atoms with Gasteiger partial charge in [0.15, 0.2) is 0 Å². The summed E-state index contributed by atoms with van der Waals surface area (Å²) in [6.45, 7) is 3.76. The lowest BCUT2D eigenvalue weighted by atomic mass is 9.98. The van der Waals surface area contributed by atoms with Crippen LogP contribution in [0.2, 0.25) is 0 Å². The Bertz CT molecular complexity index is 582. The first-order valence-electron chi connectivity index (χ1n) is 6.68. The van der Waals surface area contributed by atoms with Crippen LogP contribution in [0, 0.1) is 6.92 Å². The van der Waals surface area contributed by atoms with Crippen LogP contribution in [0.4, 0.5) is 5.69 Å². The molecule has 0 saturated carbocycles. The van der Waals surface area contributed by atoms with E-state index in [2.05, 4.69) is 28.9 Å². The second-order valence-electron chi connectivity index (χ2n) is 5.05. The highest BCUT2D eigenvalue weighted by molar-refractivity contribution is 5.56. The van der Waals surface area contributed by atoms with Gasteiger partial charge >= 0.3 is 0 Å². The molecule has 1 aromatic carbocycles. The standard InChI is InChI=1S/C16H18N2O/c1-12-5-4-9-17-14(12)11-18-10-8-16(19)13-6-2-3-7-15(13)18/h2-7,9,16,19H,8,10-11H2,1H3. The molecule has 0 radical (unpaired) electrons. The Hall–Kier alpha value is -1.87. The lowest BCUT2D eigenvalue weighted by Crippen LogP contribution is -2.31. The number of hydrogen-bond acceptors (Lipinski definition) is 3. The van der Waals surface area contributed by atoms with Gasteiger partial charge < -0.3 is 10.0 Å². The first-order valence-corrected chi connectivity index (χ1v) is 6.68. The third-order valence-corrected chi connectivity index (χ3v) is 3.77. The van der Waals surface area contributed by atoms with Crippen LogP contribution in [0.1, 0.15) is 29.3 Å². The Balaban J connectivity index is 1.91. The largest absolute Gasteiger partial charge is 0.388 e. The number of aromatic nitrogens is 1. The predicted octanol–water partition coefficient (Wildman–Crippen LogP) is 2.83. The van der Waals surface area contributed by atoms with Gasteiger partial charge in [-0.2, -0.15) is 0 Å². The molecule has 3 rings (SSSR count). The van der Waals surface area contributed by atoms with Gasteiger partial charge in [-0.3, -0.25) is 4.98 Å². The van der Waals surface area contributed by atoms with Crippen LogP contribution >= 0.6 is 0 Å². The quantitative estimate of drug-likeness (QED) is 0.895. The highest BCUT2D eigenvalue weighted by Crippen LogP contribution is 2.34. The molecule has 3 nitrogen and oxygen atoms in total. The van der Waals surface area contributed by atoms with Crippen LogP contribution in [0.5, 0.6) is 0 Å². The van der Waals surface area contributed by atoms with Crippen molar-refractivity contribution >= 4 is 5.69 Å². The van der Waals surface area contributed by atoms with Gasteiger partial charge in [-0.05, 0) is 31.0 Å². The van der Waals surface area contributed by atoms with E-state index in [0.717, 1.165) is 36.5 Å². The molecule has 0 amide bonds. The van der Waals surface area contributed by atoms with Crippen LogP contribution in [0.25, 0.3) is 0 Å². The van der Waals surface area contributed by atoms with E-state index in [1.165, 1.54) is 5.56 Å². The van der Waals surface area contributed by atoms with Crippen molar-refractivity contribution in [3.05, 3.63) is 59.4 Å². The number of aliphatic hydroxyl groups excluding tert-OH is 1. The molecule has 1 aliphatic rings. The van der Waals surface area contributed by atoms with E-state index in [0.29, 0.717) is 0 Å². The van der Waals surface area contributed by atoms with Crippen LogP contribution in [-0.4, -0.2) is 16.6 Å². The number of fused-ring (bicyclic) bond motifs is 1. The molecule has 1 aromatic heterocycles. The Morgan fingerprint density at radius 1 is 1.26 bits per heavy atom. The zero-order valence-electron chi connectivity index (χ0n) is 11.1. The van der Waals surface area contributed by atoms with Crippen molar-refractivity contribution < 1.29 is 5.11 Å². The zero-order chi connectivity index (χ0) is 13.2. The molecule has 2 heterocycles. The molecular formula is C16H18N2O. The Kier molecular flexibility index (Phi) is 3.22. The summed E-state index contributed by atoms with van der Waals surface area (Å²) in [5, 5.41) is 10.1. The summed E-state index contributed by atoms with van der Waals surface area (Å²) in [5.41, 5.74) is 4.48. The van der Waals surface area contributed by atoms with Crippen molar-refractivity contribution in [2.75, 3.05) is 11.4 Å². The molecule has 0 saturated heterocycles. The summed E-state index contributed by atoms with van der Waals surface area (Å²) >= 11 is 0. The fourth-order valence-corrected chi connectivity index (χ4v) is 2.64. The maximum absolute atomic E-state index is 10.1. The second-order valence-corrected chi connectivity index (χ2v) is 5.05. The Labute approximate surface area is 113 Å². The fraction of sp³-hybridized carbons (Fsp3) is 0.312. The van der Waals surface area contributed by atoms with Crippen molar-refractivity contribution in [1.29, 1.82) is 0 Å². The molecule has 2 aromatic rings. The molecule has 19 heavy (non-hydrogen) atoms. The van der Waals surface area contributed by atoms with E-state index < -0.39 is 0 Å². The van der Waals surface area contributed by atoms with Gasteiger partial charge in [-0.15, -0.1) is 0 Å². The molecule has 1 atom stereocenters. The number of benzene rings is 1. The van der Waals surface area contributed by atoms with Crippen LogP contribution in [0.15, 0.2) is 42.6 Å². The maximum Gasteiger partial charge on any atom is 0.0826 e. The van der Waals surface area contributed by atoms with Gasteiger partial charge in [-0.1, -0.05) is 24.3 Å². The number of rotatable bonds is 2. The van der Waals surface area contributed by atoms with Crippen molar-refractivity contribution in [2.45, 2.75) is 26.0 Å². The van der Waals surface area contributed by atoms with E-state index in [1.807, 2.05) is 30.5 Å². The minimum Gasteiger partial charge on any atom is -0.388 e. The molecular weight excluding hydrogens is 236 g/mol. The summed E-state index contributed by atoms with van der Waals surface area (Å²) in [4.78, 5) is 6.76. The highest BCUT2D eigenvalue weighted by Gasteiger charge is 2.23. The van der Waals surface area contributed by atoms with Crippen LogP contribution in [0.3, 0.4) is 0 Å². The van der Waals surface area contributed by atoms with E-state index in [4.69, 9.17) is 0 Å². The van der Waals surface area contributed by atoms with Gasteiger partial charge in [0.05, 0.1) is 18.3 Å². The summed E-state index contributed by atoms with van der Waals surface area (Å²) < 4.78 is 0. The van der Waals surface area contributed by atoms with Crippen molar-refractivity contribution in [1.82, 2.24) is 4.98 Å². The molecule has 0 fully saturated rings. The maximum atomic E-state index is 10.1. The number of anilines is 1. The third-order valence-electron chi connectivity index (χ3n) is 3.77. The average Bonchev–Trinajstić information content (AvgIpc) is 2.44. The SMILES string of the molecule is Cc1cccnc1CN1CCC(O)c2ccccc21. The Morgan fingerprint density at radius 2 is 2.11 bits per heavy atom. The van der Waals surface area contributed by atoms with E-state index in [9.17, 15) is 5.11 Å². The Morgan fingerprint density at radius 3 is 2.95 bits per heavy atom. The molecule has 0 spiro atoms. The van der Waals surface area contributed by atoms with E-state index >= 15 is 0 Å². The lowest BCUT2D eigenvalue weighted by molar-refractivity contribution is 0.164. The lowest BCUT2D eigenvalue weighted by Gasteiger charge is -2.33. The van der Waals surface area contributed by atoms with Gasteiger partial charge in [0.1, 0.15) is 0 Å². The molecule has 0 bridgehead atoms. The van der Waals surface area contributed by atoms with Gasteiger partial charge in [0, 0.05) is 24.0 Å². The second kappa shape index (κ2) is 5.02. The number of aryl methyl sites for hydroxylation is 1. The minimum atomic E-state index is -0.336. The predicted molar refractivity (Wildman–Crippen MR) is 76.0 cm³/mol. The van der Waals surface area contributed by atoms with Crippen molar-refractivity contribution in [3.63, 3.8) is 0 Å². The van der Waals surface area contributed by atoms with E-state index in [-0.39, 0.29) is 6.10 Å². The molecule has 98 valence electrons. The highest BCUT2D eigenvalue weighted by atomic mass is 16.3. The third kappa shape index (κ3) is 2.34. The number of para-hydroxylation sites is 1. The topological polar surface area (TPSA) is 36.4 Å². The summed E-state index contributed by atoms with van der Waals surface area (Å²) in [6.07, 6.45) is 2.29. The number of nitrogens with zero attached hydrogens (tertiary/aromatic N) is 2. The summed E-state index contributed by atoms with van der Waals surface area (Å²) in [7, 11) is 0. The zero-order valence-corrected chi connectivity index (χ0v) is 11.1. The average molecular weight is 254 g/mol. The molecule has 3 heteroatoms. The molecule has 1 unspecified atom stereocenters. The first kappa shape index (κ1) is 12.2.